The minimum atomic E-state index is -5.24. The molecule has 0 amide bonds. The third-order valence-electron chi connectivity index (χ3n) is 0.282. The van der Waals surface area contributed by atoms with Gasteiger partial charge >= 0.3 is 58.2 Å². The summed E-state index contributed by atoms with van der Waals surface area (Å²) in [7, 11) is -6.99. The first-order chi connectivity index (χ1) is 4.71. The van der Waals surface area contributed by atoms with Crippen molar-refractivity contribution in [2.24, 2.45) is 0 Å². The Bertz CT molecular complexity index is 259. The van der Waals surface area contributed by atoms with E-state index in [0.29, 0.717) is 0 Å². The fourth-order valence-electron chi connectivity index (χ4n) is 0.168. The van der Waals surface area contributed by atoms with Gasteiger partial charge in [0, 0.05) is 0 Å². The molecule has 0 atom stereocenters. The Morgan fingerprint density at radius 1 is 0.929 bits per heavy atom. The maximum Gasteiger partial charge on any atom is 1.00 e. The molecule has 0 aromatic carbocycles. The van der Waals surface area contributed by atoms with E-state index in [-0.39, 0.29) is 42.4 Å². The van der Waals surface area contributed by atoms with Gasteiger partial charge in [-0.25, -0.2) is 0 Å². The van der Waals surface area contributed by atoms with Crippen molar-refractivity contribution in [1.82, 2.24) is 0 Å². The van der Waals surface area contributed by atoms with E-state index in [9.17, 15) is 24.6 Å². The Morgan fingerprint density at radius 3 is 1.07 bits per heavy atom. The Labute approximate surface area is 122 Å². The van der Waals surface area contributed by atoms with Crippen LogP contribution in [0.25, 0.3) is 0 Å². The van der Waals surface area contributed by atoms with Crippen LogP contribution in [0, 0.1) is 0 Å². The fraction of sp³-hybridized carbons (Fsp3) is 1.00. The molecular formula is CH3F3ILi2O4S3+. The van der Waals surface area contributed by atoms with Gasteiger partial charge in [0.1, 0.15) is 0 Å². The molecule has 0 fully saturated rings. The van der Waals surface area contributed by atoms with E-state index in [1.165, 1.54) is 0 Å². The second-order valence-corrected chi connectivity index (χ2v) is 4.29. The Kier molecular flexibility index (Phi) is 27.7. The first kappa shape index (κ1) is 29.7. The van der Waals surface area contributed by atoms with Crippen LogP contribution in [-0.4, -0.2) is 21.9 Å². The Morgan fingerprint density at radius 2 is 1.07 bits per heavy atom. The van der Waals surface area contributed by atoms with Gasteiger partial charge in [0.25, 0.3) is 0 Å². The molecule has 4 nitrogen and oxygen atoms in total. The van der Waals surface area contributed by atoms with Crippen LogP contribution in [0.15, 0.2) is 0 Å². The van der Waals surface area contributed by atoms with Crippen molar-refractivity contribution < 1.29 is 67.0 Å². The van der Waals surface area contributed by atoms with E-state index in [0.717, 1.165) is 0 Å². The molecule has 0 spiro atoms. The van der Waals surface area contributed by atoms with E-state index in [1.807, 2.05) is 21.2 Å². The van der Waals surface area contributed by atoms with Crippen LogP contribution < -0.4 is 42.4 Å². The summed E-state index contributed by atoms with van der Waals surface area (Å²) in [6.07, 6.45) is 0. The second-order valence-electron chi connectivity index (χ2n) is 1.20. The Balaban J connectivity index is -0.0000000505. The van der Waals surface area contributed by atoms with Gasteiger partial charge in [-0.1, -0.05) is 0 Å². The molecule has 0 saturated heterocycles. The molecule has 0 aliphatic rings. The predicted octanol–water partition coefficient (Wildman–Crippen LogP) is -8.18. The van der Waals surface area contributed by atoms with Gasteiger partial charge in [0.2, 0.25) is 5.08 Å². The van der Waals surface area contributed by atoms with Gasteiger partial charge in [-0.2, -0.15) is 16.8 Å². The molecule has 13 heteroatoms. The second kappa shape index (κ2) is 13.0. The summed E-state index contributed by atoms with van der Waals surface area (Å²) in [6, 6.07) is 0. The molecule has 0 rings (SSSR count). The Hall–Kier alpha value is 1.96. The SMILES string of the molecule is O=S(=O)(F)CS(=O)(=O)F.SI.[F-].[Li+].[Li+]. The molecule has 0 radical (unpaired) electrons. The average molecular weight is 373 g/mol. The minimum Gasteiger partial charge on any atom is -1.00 e. The summed E-state index contributed by atoms with van der Waals surface area (Å²) >= 11 is 1.84. The summed E-state index contributed by atoms with van der Waals surface area (Å²) in [5.74, 6) is 0. The molecule has 0 saturated carbocycles. The van der Waals surface area contributed by atoms with Crippen LogP contribution in [-0.2, 0) is 20.4 Å². The third kappa shape index (κ3) is 37.0. The molecule has 14 heavy (non-hydrogen) atoms. The van der Waals surface area contributed by atoms with Crippen LogP contribution in [0.1, 0.15) is 0 Å². The number of thiol groups is 1. The van der Waals surface area contributed by atoms with Gasteiger partial charge in [0.15, 0.2) is 0 Å². The quantitative estimate of drug-likeness (QED) is 0.226. The van der Waals surface area contributed by atoms with Crippen molar-refractivity contribution in [1.29, 1.82) is 0 Å². The third-order valence-corrected chi connectivity index (χ3v) is 2.53. The summed E-state index contributed by atoms with van der Waals surface area (Å²) in [4.78, 5) is 0. The average Bonchev–Trinajstić information content (AvgIpc) is 1.60. The molecule has 0 aromatic heterocycles. The van der Waals surface area contributed by atoms with Crippen molar-refractivity contribution in [2.75, 3.05) is 5.08 Å². The summed E-state index contributed by atoms with van der Waals surface area (Å²) in [5, 5.41) is -2.10. The largest absolute Gasteiger partial charge is 1.00 e. The number of rotatable bonds is 2. The van der Waals surface area contributed by atoms with Crippen LogP contribution in [0.2, 0.25) is 0 Å². The van der Waals surface area contributed by atoms with E-state index < -0.39 is 25.5 Å². The van der Waals surface area contributed by atoms with Crippen molar-refractivity contribution in [3.8, 4) is 0 Å². The zero-order valence-electron chi connectivity index (χ0n) is 7.12. The maximum atomic E-state index is 11.2. The normalized spacial score (nSPS) is 9.14. The molecular weight excluding hydrogens is 370 g/mol. The molecule has 0 aromatic rings. The van der Waals surface area contributed by atoms with Crippen LogP contribution in [0.4, 0.5) is 7.77 Å². The molecule has 0 aliphatic heterocycles. The van der Waals surface area contributed by atoms with E-state index in [4.69, 9.17) is 0 Å². The molecule has 78 valence electrons. The smallest absolute Gasteiger partial charge is 1.00 e. The molecule has 0 bridgehead atoms. The first-order valence-corrected chi connectivity index (χ1v) is 8.06. The topological polar surface area (TPSA) is 68.3 Å². The van der Waals surface area contributed by atoms with Crippen LogP contribution >= 0.6 is 31.0 Å². The number of hydrogen-bond donors (Lipinski definition) is 1. The van der Waals surface area contributed by atoms with Crippen molar-refractivity contribution in [3.05, 3.63) is 0 Å². The predicted molar refractivity (Wildman–Crippen MR) is 47.9 cm³/mol. The number of halogens is 4. The molecule has 0 N–H and O–H groups in total. The molecule has 0 unspecified atom stereocenters. The van der Waals surface area contributed by atoms with E-state index in [2.05, 4.69) is 9.80 Å². The molecule has 0 aliphatic carbocycles. The van der Waals surface area contributed by atoms with Gasteiger partial charge < -0.3 is 4.70 Å². The maximum absolute atomic E-state index is 11.2. The summed E-state index contributed by atoms with van der Waals surface area (Å²) in [5.41, 5.74) is 0. The van der Waals surface area contributed by atoms with Gasteiger partial charge in [-0.15, -0.1) is 17.6 Å². The number of hydrogen-bond acceptors (Lipinski definition) is 5. The van der Waals surface area contributed by atoms with Crippen LogP contribution in [0.3, 0.4) is 0 Å². The zero-order chi connectivity index (χ0) is 9.71. The van der Waals surface area contributed by atoms with Gasteiger partial charge in [-0.3, -0.25) is 0 Å². The standard InChI is InChI=1S/CH2F2O4S2.FH.HIS.2Li/c2-8(4,5)1-9(3,6)7;;1-2;;/h1H2;1H;2H;;/q;;;2*+1/p-1. The van der Waals surface area contributed by atoms with Crippen LogP contribution in [0.5, 0.6) is 0 Å². The monoisotopic (exact) mass is 373 g/mol. The summed E-state index contributed by atoms with van der Waals surface area (Å²) < 4.78 is 59.9. The fourth-order valence-corrected chi connectivity index (χ4v) is 1.51. The van der Waals surface area contributed by atoms with Crippen molar-refractivity contribution in [3.63, 3.8) is 0 Å². The first-order valence-electron chi connectivity index (χ1n) is 1.72. The van der Waals surface area contributed by atoms with Crippen molar-refractivity contribution >= 4 is 51.5 Å². The summed E-state index contributed by atoms with van der Waals surface area (Å²) in [6.45, 7) is 0. The minimum absolute atomic E-state index is 0. The van der Waals surface area contributed by atoms with Gasteiger partial charge in [0.05, 0.1) is 0 Å². The molecule has 0 heterocycles. The van der Waals surface area contributed by atoms with E-state index >= 15 is 0 Å². The zero-order valence-corrected chi connectivity index (χ0v) is 11.8. The van der Waals surface area contributed by atoms with Crippen molar-refractivity contribution in [2.45, 2.75) is 0 Å². The van der Waals surface area contributed by atoms with E-state index in [1.54, 1.807) is 0 Å². The van der Waals surface area contributed by atoms with Gasteiger partial charge in [-0.05, 0) is 21.2 Å².